The molecule has 4 heteroatoms. The van der Waals surface area contributed by atoms with Crippen molar-refractivity contribution in [3.8, 4) is 0 Å². The molecule has 2 N–H and O–H groups in total. The number of hydrogen-bond donors (Lipinski definition) is 2. The van der Waals surface area contributed by atoms with Crippen molar-refractivity contribution in [2.45, 2.75) is 71.8 Å². The van der Waals surface area contributed by atoms with Gasteiger partial charge in [-0.1, -0.05) is 64.0 Å². The molecule has 0 aromatic heterocycles. The van der Waals surface area contributed by atoms with Crippen molar-refractivity contribution in [2.75, 3.05) is 0 Å². The van der Waals surface area contributed by atoms with Gasteiger partial charge in [-0.15, -0.1) is 0 Å². The Bertz CT molecular complexity index is 542. The minimum atomic E-state index is -0.779. The predicted molar refractivity (Wildman–Crippen MR) is 105 cm³/mol. The van der Waals surface area contributed by atoms with E-state index >= 15 is 0 Å². The number of unbranched alkanes of at least 4 members (excludes halogenated alkanes) is 2. The molecule has 0 aliphatic heterocycles. The Kier molecular flexibility index (Phi) is 9.57. The number of aliphatic carboxylic acids is 1. The Morgan fingerprint density at radius 2 is 2.04 bits per heavy atom. The molecular formula is C22H34O4. The van der Waals surface area contributed by atoms with E-state index in [1.165, 1.54) is 0 Å². The van der Waals surface area contributed by atoms with Gasteiger partial charge < -0.3 is 10.2 Å². The number of allylic oxidation sites excluding steroid dienone is 5. The Morgan fingerprint density at radius 1 is 1.31 bits per heavy atom. The highest BCUT2D eigenvalue weighted by molar-refractivity contribution is 5.95. The molecular weight excluding hydrogens is 328 g/mol. The molecule has 0 bridgehead atoms. The smallest absolute Gasteiger partial charge is 0.303 e. The van der Waals surface area contributed by atoms with Gasteiger partial charge >= 0.3 is 5.97 Å². The van der Waals surface area contributed by atoms with E-state index in [0.717, 1.165) is 19.3 Å². The van der Waals surface area contributed by atoms with E-state index < -0.39 is 12.1 Å². The maximum Gasteiger partial charge on any atom is 0.303 e. The van der Waals surface area contributed by atoms with Crippen LogP contribution in [-0.2, 0) is 9.59 Å². The molecule has 0 unspecified atom stereocenters. The number of aliphatic hydroxyl groups is 1. The summed E-state index contributed by atoms with van der Waals surface area (Å²) in [6.07, 6.45) is 16.1. The summed E-state index contributed by atoms with van der Waals surface area (Å²) in [5.41, 5.74) is -0.168. The number of carbonyl (C=O) groups excluding carboxylic acids is 1. The fourth-order valence-electron chi connectivity index (χ4n) is 3.13. The zero-order chi connectivity index (χ0) is 19.6. The highest BCUT2D eigenvalue weighted by Gasteiger charge is 2.29. The van der Waals surface area contributed by atoms with Crippen LogP contribution in [0.3, 0.4) is 0 Å². The first kappa shape index (κ1) is 22.4. The Labute approximate surface area is 157 Å². The van der Waals surface area contributed by atoms with E-state index in [4.69, 9.17) is 5.11 Å². The molecule has 4 nitrogen and oxygen atoms in total. The first-order valence-electron chi connectivity index (χ1n) is 9.73. The monoisotopic (exact) mass is 362 g/mol. The van der Waals surface area contributed by atoms with Crippen LogP contribution in [0.1, 0.15) is 65.7 Å². The van der Waals surface area contributed by atoms with E-state index in [1.807, 2.05) is 30.4 Å². The lowest BCUT2D eigenvalue weighted by Gasteiger charge is -2.28. The van der Waals surface area contributed by atoms with Gasteiger partial charge in [0.25, 0.3) is 0 Å². The molecule has 146 valence electrons. The van der Waals surface area contributed by atoms with Crippen molar-refractivity contribution in [2.24, 2.45) is 17.3 Å². The highest BCUT2D eigenvalue weighted by Crippen LogP contribution is 2.31. The lowest BCUT2D eigenvalue weighted by Crippen LogP contribution is -2.27. The van der Waals surface area contributed by atoms with Crippen LogP contribution < -0.4 is 0 Å². The van der Waals surface area contributed by atoms with Crippen LogP contribution >= 0.6 is 0 Å². The highest BCUT2D eigenvalue weighted by atomic mass is 16.4. The van der Waals surface area contributed by atoms with Gasteiger partial charge in [-0.25, -0.2) is 0 Å². The van der Waals surface area contributed by atoms with Crippen LogP contribution in [0.15, 0.2) is 36.5 Å². The summed E-state index contributed by atoms with van der Waals surface area (Å²) in [5.74, 6) is -0.760. The number of carboxylic acid groups (broad SMARTS) is 1. The minimum Gasteiger partial charge on any atom is -0.481 e. The average molecular weight is 363 g/mol. The number of hydrogen-bond acceptors (Lipinski definition) is 3. The van der Waals surface area contributed by atoms with Crippen LogP contribution in [0, 0.1) is 17.3 Å². The predicted octanol–water partition coefficient (Wildman–Crippen LogP) is 4.69. The van der Waals surface area contributed by atoms with E-state index in [0.29, 0.717) is 19.3 Å². The van der Waals surface area contributed by atoms with E-state index in [9.17, 15) is 14.7 Å². The topological polar surface area (TPSA) is 74.6 Å². The minimum absolute atomic E-state index is 0.0165. The number of carboxylic acids is 1. The van der Waals surface area contributed by atoms with E-state index in [2.05, 4.69) is 20.8 Å². The second-order valence-electron chi connectivity index (χ2n) is 7.86. The SMILES string of the molecule is CCCCC(C)(C)[C@H](O)/C=C/[C@H]1C=CC(=O)[C@@H]1C/C=C\CCCC(=O)O. The summed E-state index contributed by atoms with van der Waals surface area (Å²) >= 11 is 0. The van der Waals surface area contributed by atoms with Gasteiger partial charge in [-0.05, 0) is 37.2 Å². The van der Waals surface area contributed by atoms with Crippen LogP contribution in [0.5, 0.6) is 0 Å². The lowest BCUT2D eigenvalue weighted by molar-refractivity contribution is -0.137. The molecule has 0 fully saturated rings. The van der Waals surface area contributed by atoms with Gasteiger partial charge in [-0.2, -0.15) is 0 Å². The van der Waals surface area contributed by atoms with Crippen molar-refractivity contribution >= 4 is 11.8 Å². The van der Waals surface area contributed by atoms with Gasteiger partial charge in [-0.3, -0.25) is 9.59 Å². The quantitative estimate of drug-likeness (QED) is 0.390. The molecule has 0 heterocycles. The van der Waals surface area contributed by atoms with Crippen LogP contribution in [0.25, 0.3) is 0 Å². The van der Waals surface area contributed by atoms with Crippen LogP contribution in [0.4, 0.5) is 0 Å². The van der Waals surface area contributed by atoms with Gasteiger partial charge in [0.05, 0.1) is 6.10 Å². The summed E-state index contributed by atoms with van der Waals surface area (Å²) in [6, 6.07) is 0. The summed E-state index contributed by atoms with van der Waals surface area (Å²) in [4.78, 5) is 22.6. The zero-order valence-electron chi connectivity index (χ0n) is 16.4. The molecule has 0 radical (unpaired) electrons. The van der Waals surface area contributed by atoms with Crippen molar-refractivity contribution in [1.29, 1.82) is 0 Å². The van der Waals surface area contributed by atoms with E-state index in [-0.39, 0.29) is 29.5 Å². The Morgan fingerprint density at radius 3 is 2.69 bits per heavy atom. The van der Waals surface area contributed by atoms with E-state index in [1.54, 1.807) is 6.08 Å². The molecule has 0 spiro atoms. The maximum absolute atomic E-state index is 12.1. The lowest BCUT2D eigenvalue weighted by atomic mass is 9.80. The first-order valence-corrected chi connectivity index (χ1v) is 9.73. The first-order chi connectivity index (χ1) is 12.3. The van der Waals surface area contributed by atoms with Gasteiger partial charge in [0.2, 0.25) is 0 Å². The number of rotatable bonds is 12. The third kappa shape index (κ3) is 7.69. The van der Waals surface area contributed by atoms with Crippen molar-refractivity contribution in [1.82, 2.24) is 0 Å². The van der Waals surface area contributed by atoms with Crippen molar-refractivity contribution in [3.05, 3.63) is 36.5 Å². The second-order valence-corrected chi connectivity index (χ2v) is 7.86. The number of aliphatic hydroxyl groups excluding tert-OH is 1. The van der Waals surface area contributed by atoms with Crippen molar-refractivity contribution < 1.29 is 19.8 Å². The normalized spacial score (nSPS) is 21.9. The molecule has 0 saturated heterocycles. The third-order valence-corrected chi connectivity index (χ3v) is 5.12. The largest absolute Gasteiger partial charge is 0.481 e. The molecule has 26 heavy (non-hydrogen) atoms. The summed E-state index contributed by atoms with van der Waals surface area (Å²) < 4.78 is 0. The van der Waals surface area contributed by atoms with Gasteiger partial charge in [0, 0.05) is 18.3 Å². The molecule has 0 amide bonds. The average Bonchev–Trinajstić information content (AvgIpc) is 2.93. The standard InChI is InChI=1S/C22H34O4/c1-4-5-16-22(2,3)20(24)15-13-17-12-14-19(23)18(17)10-8-6-7-9-11-21(25)26/h6,8,12-15,17-18,20,24H,4-5,7,9-11,16H2,1-3H3,(H,25,26)/b8-6-,15-13+/t17-,18-,20-/m1/s1. The molecule has 1 aliphatic carbocycles. The summed E-state index contributed by atoms with van der Waals surface area (Å²) in [6.45, 7) is 6.29. The van der Waals surface area contributed by atoms with Gasteiger partial charge in [0.1, 0.15) is 0 Å². The molecule has 1 aliphatic rings. The molecule has 3 atom stereocenters. The Hall–Kier alpha value is -1.68. The maximum atomic E-state index is 12.1. The molecule has 1 rings (SSSR count). The second kappa shape index (κ2) is 11.1. The number of carbonyl (C=O) groups is 2. The molecule has 0 saturated carbocycles. The molecule has 0 aromatic rings. The zero-order valence-corrected chi connectivity index (χ0v) is 16.4. The molecule has 0 aromatic carbocycles. The van der Waals surface area contributed by atoms with Gasteiger partial charge in [0.15, 0.2) is 5.78 Å². The van der Waals surface area contributed by atoms with Crippen LogP contribution in [0.2, 0.25) is 0 Å². The van der Waals surface area contributed by atoms with Crippen molar-refractivity contribution in [3.63, 3.8) is 0 Å². The Balaban J connectivity index is 2.54. The summed E-state index contributed by atoms with van der Waals surface area (Å²) in [7, 11) is 0. The summed E-state index contributed by atoms with van der Waals surface area (Å²) in [5, 5.41) is 19.1. The number of ketones is 1. The van der Waals surface area contributed by atoms with Crippen LogP contribution in [-0.4, -0.2) is 28.1 Å². The fraction of sp³-hybridized carbons (Fsp3) is 0.636. The fourth-order valence-corrected chi connectivity index (χ4v) is 3.13. The third-order valence-electron chi connectivity index (χ3n) is 5.12.